The summed E-state index contributed by atoms with van der Waals surface area (Å²) in [6, 6.07) is 0. The van der Waals surface area contributed by atoms with Crippen LogP contribution < -0.4 is 0 Å². The number of rotatable bonds is 5. The highest BCUT2D eigenvalue weighted by Crippen LogP contribution is 1.94. The van der Waals surface area contributed by atoms with Crippen LogP contribution in [0.2, 0.25) is 0 Å². The first-order valence-corrected chi connectivity index (χ1v) is 4.14. The largest absolute Gasteiger partial charge is 0.392 e. The number of hydrogen-bond donors (Lipinski definition) is 1. The van der Waals surface area contributed by atoms with Crippen molar-refractivity contribution >= 4 is 0 Å². The van der Waals surface area contributed by atoms with Crippen LogP contribution >= 0.6 is 0 Å². The molecule has 0 bridgehead atoms. The van der Waals surface area contributed by atoms with Crippen LogP contribution in [0.3, 0.4) is 0 Å². The Bertz CT molecular complexity index is 71.7. The summed E-state index contributed by atoms with van der Waals surface area (Å²) in [7, 11) is 0. The van der Waals surface area contributed by atoms with E-state index in [0.29, 0.717) is 0 Å². The highest BCUT2D eigenvalue weighted by Gasteiger charge is 2.04. The molecule has 0 aromatic heterocycles. The molecule has 0 heterocycles. The Morgan fingerprint density at radius 3 is 2.00 bits per heavy atom. The minimum atomic E-state index is -0.139. The quantitative estimate of drug-likeness (QED) is 0.626. The second-order valence-electron chi connectivity index (χ2n) is 2.55. The Kier molecular flexibility index (Phi) is 5.64. The van der Waals surface area contributed by atoms with Gasteiger partial charge in [-0.15, -0.1) is 0 Å². The van der Waals surface area contributed by atoms with Gasteiger partial charge in [-0.3, -0.25) is 0 Å². The first kappa shape index (κ1) is 9.92. The van der Waals surface area contributed by atoms with Gasteiger partial charge in [0.1, 0.15) is 0 Å². The highest BCUT2D eigenvalue weighted by atomic mass is 16.3. The topological polar surface area (TPSA) is 23.5 Å². The molecule has 0 aromatic carbocycles. The summed E-state index contributed by atoms with van der Waals surface area (Å²) in [5, 5.41) is 9.25. The fourth-order valence-corrected chi connectivity index (χ4v) is 0.909. The van der Waals surface area contributed by atoms with E-state index in [9.17, 15) is 5.11 Å². The molecule has 2 nitrogen and oxygen atoms in total. The average Bonchev–Trinajstić information content (AvgIpc) is 1.99. The second kappa shape index (κ2) is 5.69. The monoisotopic (exact) mass is 145 g/mol. The zero-order chi connectivity index (χ0) is 7.98. The molecule has 1 atom stereocenters. The molecule has 62 valence electrons. The minimum absolute atomic E-state index is 0.139. The number of nitrogens with zero attached hydrogens (tertiary/aromatic N) is 1. The van der Waals surface area contributed by atoms with Gasteiger partial charge in [0.05, 0.1) is 6.10 Å². The summed E-state index contributed by atoms with van der Waals surface area (Å²) in [6.45, 7) is 9.14. The van der Waals surface area contributed by atoms with Gasteiger partial charge in [-0.05, 0) is 19.5 Å². The molecule has 0 radical (unpaired) electrons. The molecule has 0 unspecified atom stereocenters. The van der Waals surface area contributed by atoms with Crippen LogP contribution in [-0.2, 0) is 0 Å². The van der Waals surface area contributed by atoms with Gasteiger partial charge in [0, 0.05) is 6.54 Å². The molecule has 0 saturated heterocycles. The summed E-state index contributed by atoms with van der Waals surface area (Å²) >= 11 is 0. The third-order valence-corrected chi connectivity index (χ3v) is 1.83. The van der Waals surface area contributed by atoms with Gasteiger partial charge >= 0.3 is 0 Å². The smallest absolute Gasteiger partial charge is 0.0664 e. The van der Waals surface area contributed by atoms with Crippen LogP contribution in [0.4, 0.5) is 0 Å². The van der Waals surface area contributed by atoms with Crippen molar-refractivity contribution in [1.82, 2.24) is 4.90 Å². The van der Waals surface area contributed by atoms with Gasteiger partial charge in [-0.1, -0.05) is 20.8 Å². The maximum Gasteiger partial charge on any atom is 0.0664 e. The molecule has 0 spiro atoms. The Labute approximate surface area is 63.8 Å². The van der Waals surface area contributed by atoms with Crippen molar-refractivity contribution in [3.05, 3.63) is 0 Å². The molecule has 0 rings (SSSR count). The summed E-state index contributed by atoms with van der Waals surface area (Å²) in [5.41, 5.74) is 0. The number of aliphatic hydroxyl groups is 1. The molecule has 0 aliphatic rings. The first-order chi connectivity index (χ1) is 4.74. The second-order valence-corrected chi connectivity index (χ2v) is 2.55. The van der Waals surface area contributed by atoms with E-state index < -0.39 is 0 Å². The maximum atomic E-state index is 9.25. The SMILES string of the molecule is CC[C@H](O)CN(CC)CC. The summed E-state index contributed by atoms with van der Waals surface area (Å²) in [5.74, 6) is 0. The Morgan fingerprint density at radius 1 is 1.20 bits per heavy atom. The molecule has 1 N–H and O–H groups in total. The predicted octanol–water partition coefficient (Wildman–Crippen LogP) is 1.10. The van der Waals surface area contributed by atoms with Crippen LogP contribution in [0, 0.1) is 0 Å². The van der Waals surface area contributed by atoms with Gasteiger partial charge in [0.15, 0.2) is 0 Å². The van der Waals surface area contributed by atoms with E-state index in [1.165, 1.54) is 0 Å². The molecular formula is C8H19NO. The third kappa shape index (κ3) is 3.85. The number of likely N-dealkylation sites (N-methyl/N-ethyl adjacent to an activating group) is 1. The van der Waals surface area contributed by atoms with Crippen LogP contribution in [0.1, 0.15) is 27.2 Å². The van der Waals surface area contributed by atoms with Crippen molar-refractivity contribution in [2.75, 3.05) is 19.6 Å². The lowest BCUT2D eigenvalue weighted by molar-refractivity contribution is 0.115. The van der Waals surface area contributed by atoms with Gasteiger partial charge in [0.25, 0.3) is 0 Å². The predicted molar refractivity (Wildman–Crippen MR) is 44.1 cm³/mol. The maximum absolute atomic E-state index is 9.25. The van der Waals surface area contributed by atoms with Crippen molar-refractivity contribution in [2.45, 2.75) is 33.3 Å². The van der Waals surface area contributed by atoms with Crippen molar-refractivity contribution in [1.29, 1.82) is 0 Å². The van der Waals surface area contributed by atoms with Crippen molar-refractivity contribution < 1.29 is 5.11 Å². The van der Waals surface area contributed by atoms with E-state index in [-0.39, 0.29) is 6.10 Å². The molecule has 0 aromatic rings. The Hall–Kier alpha value is -0.0800. The first-order valence-electron chi connectivity index (χ1n) is 4.14. The fraction of sp³-hybridized carbons (Fsp3) is 1.00. The number of hydrogen-bond acceptors (Lipinski definition) is 2. The van der Waals surface area contributed by atoms with Crippen molar-refractivity contribution in [3.63, 3.8) is 0 Å². The summed E-state index contributed by atoms with van der Waals surface area (Å²) < 4.78 is 0. The van der Waals surface area contributed by atoms with E-state index in [4.69, 9.17) is 0 Å². The van der Waals surface area contributed by atoms with Crippen LogP contribution in [0.5, 0.6) is 0 Å². The molecule has 0 saturated carbocycles. The zero-order valence-electron chi connectivity index (χ0n) is 7.30. The zero-order valence-corrected chi connectivity index (χ0v) is 7.30. The molecule has 0 aliphatic heterocycles. The Balaban J connectivity index is 3.41. The van der Waals surface area contributed by atoms with Gasteiger partial charge < -0.3 is 10.0 Å². The van der Waals surface area contributed by atoms with Crippen molar-refractivity contribution in [3.8, 4) is 0 Å². The molecule has 0 fully saturated rings. The Morgan fingerprint density at radius 2 is 1.70 bits per heavy atom. The molecule has 10 heavy (non-hydrogen) atoms. The molecule has 0 amide bonds. The van der Waals surface area contributed by atoms with Crippen LogP contribution in [0.15, 0.2) is 0 Å². The number of aliphatic hydroxyl groups excluding tert-OH is 1. The van der Waals surface area contributed by atoms with E-state index in [2.05, 4.69) is 18.7 Å². The van der Waals surface area contributed by atoms with E-state index in [1.807, 2.05) is 6.92 Å². The minimum Gasteiger partial charge on any atom is -0.392 e. The normalized spacial score (nSPS) is 14.1. The van der Waals surface area contributed by atoms with Crippen LogP contribution in [0.25, 0.3) is 0 Å². The van der Waals surface area contributed by atoms with E-state index in [0.717, 1.165) is 26.1 Å². The standard InChI is InChI=1S/C8H19NO/c1-4-8(10)7-9(5-2)6-3/h8,10H,4-7H2,1-3H3/t8-/m0/s1. The summed E-state index contributed by atoms with van der Waals surface area (Å²) in [6.07, 6.45) is 0.719. The summed E-state index contributed by atoms with van der Waals surface area (Å²) in [4.78, 5) is 2.23. The van der Waals surface area contributed by atoms with Gasteiger partial charge in [0.2, 0.25) is 0 Å². The van der Waals surface area contributed by atoms with E-state index in [1.54, 1.807) is 0 Å². The van der Waals surface area contributed by atoms with Gasteiger partial charge in [-0.2, -0.15) is 0 Å². The average molecular weight is 145 g/mol. The lowest BCUT2D eigenvalue weighted by Gasteiger charge is -2.20. The molecular weight excluding hydrogens is 126 g/mol. The lowest BCUT2D eigenvalue weighted by Crippen LogP contribution is -2.31. The van der Waals surface area contributed by atoms with Crippen LogP contribution in [-0.4, -0.2) is 35.7 Å². The lowest BCUT2D eigenvalue weighted by atomic mass is 10.2. The van der Waals surface area contributed by atoms with Crippen molar-refractivity contribution in [2.24, 2.45) is 0 Å². The third-order valence-electron chi connectivity index (χ3n) is 1.83. The molecule has 0 aliphatic carbocycles. The van der Waals surface area contributed by atoms with Gasteiger partial charge in [-0.25, -0.2) is 0 Å². The van der Waals surface area contributed by atoms with E-state index >= 15 is 0 Å². The molecule has 2 heteroatoms. The fourth-order valence-electron chi connectivity index (χ4n) is 0.909. The highest BCUT2D eigenvalue weighted by molar-refractivity contribution is 4.59.